The molecule has 0 atom stereocenters. The molecule has 0 heterocycles. The Morgan fingerprint density at radius 2 is 0.821 bits per heavy atom. The van der Waals surface area contributed by atoms with E-state index in [0.717, 1.165) is 38.5 Å². The maximum absolute atomic E-state index is 2.42. The van der Waals surface area contributed by atoms with Crippen LogP contribution in [0.4, 0.5) is 0 Å². The maximum atomic E-state index is 2.42. The van der Waals surface area contributed by atoms with Gasteiger partial charge >= 0.3 is 0 Å². The van der Waals surface area contributed by atoms with Gasteiger partial charge in [0, 0.05) is 0 Å². The van der Waals surface area contributed by atoms with Crippen LogP contribution in [-0.2, 0) is 38.5 Å². The van der Waals surface area contributed by atoms with Crippen molar-refractivity contribution >= 4 is 0 Å². The molecule has 3 rings (SSSR count). The predicted octanol–water partition coefficient (Wildman–Crippen LogP) is 7.12. The van der Waals surface area contributed by atoms with Crippen LogP contribution in [0.25, 0.3) is 0 Å². The highest BCUT2D eigenvalue weighted by atomic mass is 14.1. The molecule has 146 valence electrons. The number of aryl methyl sites for hydroxylation is 4. The van der Waals surface area contributed by atoms with E-state index in [1.54, 1.807) is 5.56 Å². The molecule has 0 radical (unpaired) electrons. The SMILES string of the molecule is CCc1ccc(Cc2ccc(Cc3c(CC)cc(CC)cc3CC)cc2)cc1. The lowest BCUT2D eigenvalue weighted by molar-refractivity contribution is 0.977. The summed E-state index contributed by atoms with van der Waals surface area (Å²) in [5.74, 6) is 0. The fourth-order valence-electron chi connectivity index (χ4n) is 4.04. The van der Waals surface area contributed by atoms with Crippen LogP contribution in [0, 0.1) is 0 Å². The molecule has 0 amide bonds. The molecule has 0 aliphatic carbocycles. The summed E-state index contributed by atoms with van der Waals surface area (Å²) in [7, 11) is 0. The third kappa shape index (κ3) is 4.93. The van der Waals surface area contributed by atoms with Gasteiger partial charge < -0.3 is 0 Å². The van der Waals surface area contributed by atoms with Gasteiger partial charge in [0.15, 0.2) is 0 Å². The first-order chi connectivity index (χ1) is 13.7. The monoisotopic (exact) mass is 370 g/mol. The Morgan fingerprint density at radius 3 is 1.21 bits per heavy atom. The van der Waals surface area contributed by atoms with Gasteiger partial charge in [-0.2, -0.15) is 0 Å². The zero-order valence-corrected chi connectivity index (χ0v) is 18.0. The molecule has 0 aromatic heterocycles. The van der Waals surface area contributed by atoms with Gasteiger partial charge in [-0.05, 0) is 83.0 Å². The largest absolute Gasteiger partial charge is 0.0613 e. The lowest BCUT2D eigenvalue weighted by atomic mass is 9.89. The number of benzene rings is 3. The number of rotatable bonds is 8. The zero-order chi connectivity index (χ0) is 19.9. The Kier molecular flexibility index (Phi) is 7.09. The summed E-state index contributed by atoms with van der Waals surface area (Å²) in [6.45, 7) is 9.02. The van der Waals surface area contributed by atoms with E-state index in [4.69, 9.17) is 0 Å². The van der Waals surface area contributed by atoms with E-state index < -0.39 is 0 Å². The summed E-state index contributed by atoms with van der Waals surface area (Å²) in [4.78, 5) is 0. The van der Waals surface area contributed by atoms with Crippen LogP contribution in [0.5, 0.6) is 0 Å². The molecule has 3 aromatic carbocycles. The Morgan fingerprint density at radius 1 is 0.429 bits per heavy atom. The molecule has 0 heteroatoms. The van der Waals surface area contributed by atoms with Gasteiger partial charge in [0.25, 0.3) is 0 Å². The van der Waals surface area contributed by atoms with Crippen molar-refractivity contribution in [3.8, 4) is 0 Å². The average molecular weight is 371 g/mol. The summed E-state index contributed by atoms with van der Waals surface area (Å²) in [5.41, 5.74) is 11.7. The fraction of sp³-hybridized carbons (Fsp3) is 0.357. The van der Waals surface area contributed by atoms with Gasteiger partial charge in [0.1, 0.15) is 0 Å². The lowest BCUT2D eigenvalue weighted by Crippen LogP contribution is -2.02. The third-order valence-corrected chi connectivity index (χ3v) is 5.91. The quantitative estimate of drug-likeness (QED) is 0.396. The second kappa shape index (κ2) is 9.73. The molecule has 0 bridgehead atoms. The standard InChI is InChI=1S/C28H34/c1-5-21-9-11-23(12-10-21)17-24-13-15-25(16-14-24)20-28-26(7-3)18-22(6-2)19-27(28)8-4/h9-16,18-19H,5-8,17,20H2,1-4H3. The van der Waals surface area contributed by atoms with Crippen molar-refractivity contribution in [2.45, 2.75) is 66.2 Å². The van der Waals surface area contributed by atoms with Crippen molar-refractivity contribution in [1.29, 1.82) is 0 Å². The predicted molar refractivity (Wildman–Crippen MR) is 122 cm³/mol. The first kappa shape index (κ1) is 20.4. The van der Waals surface area contributed by atoms with Crippen LogP contribution >= 0.6 is 0 Å². The minimum absolute atomic E-state index is 1.01. The molecule has 0 spiro atoms. The second-order valence-corrected chi connectivity index (χ2v) is 7.79. The molecule has 0 aliphatic rings. The molecule has 3 aromatic rings. The van der Waals surface area contributed by atoms with E-state index in [-0.39, 0.29) is 0 Å². The Hall–Kier alpha value is -2.34. The molecule has 0 nitrogen and oxygen atoms in total. The van der Waals surface area contributed by atoms with Crippen LogP contribution < -0.4 is 0 Å². The van der Waals surface area contributed by atoms with Crippen LogP contribution in [0.1, 0.15) is 72.2 Å². The average Bonchev–Trinajstić information content (AvgIpc) is 2.75. The van der Waals surface area contributed by atoms with Gasteiger partial charge in [-0.1, -0.05) is 88.4 Å². The lowest BCUT2D eigenvalue weighted by Gasteiger charge is -2.16. The van der Waals surface area contributed by atoms with Crippen molar-refractivity contribution in [1.82, 2.24) is 0 Å². The highest BCUT2D eigenvalue weighted by Gasteiger charge is 2.10. The molecular weight excluding hydrogens is 336 g/mol. The van der Waals surface area contributed by atoms with E-state index in [1.807, 2.05) is 0 Å². The summed E-state index contributed by atoms with van der Waals surface area (Å²) in [6, 6.07) is 23.1. The van der Waals surface area contributed by atoms with Gasteiger partial charge in [-0.15, -0.1) is 0 Å². The number of hydrogen-bond donors (Lipinski definition) is 0. The highest BCUT2D eigenvalue weighted by molar-refractivity contribution is 5.43. The normalized spacial score (nSPS) is 11.0. The Bertz CT molecular complexity index is 857. The molecule has 0 N–H and O–H groups in total. The zero-order valence-electron chi connectivity index (χ0n) is 18.0. The molecule has 0 fully saturated rings. The first-order valence-electron chi connectivity index (χ1n) is 11.0. The van der Waals surface area contributed by atoms with Crippen molar-refractivity contribution in [2.24, 2.45) is 0 Å². The summed E-state index contributed by atoms with van der Waals surface area (Å²) >= 11 is 0. The van der Waals surface area contributed by atoms with E-state index in [2.05, 4.69) is 88.4 Å². The van der Waals surface area contributed by atoms with Crippen LogP contribution in [0.15, 0.2) is 60.7 Å². The van der Waals surface area contributed by atoms with Gasteiger partial charge in [-0.25, -0.2) is 0 Å². The smallest absolute Gasteiger partial charge is 0.00203 e. The van der Waals surface area contributed by atoms with Crippen molar-refractivity contribution < 1.29 is 0 Å². The Labute approximate surface area is 171 Å². The van der Waals surface area contributed by atoms with Gasteiger partial charge in [-0.3, -0.25) is 0 Å². The van der Waals surface area contributed by atoms with E-state index in [0.29, 0.717) is 0 Å². The molecule has 0 saturated heterocycles. The van der Waals surface area contributed by atoms with E-state index in [1.165, 1.54) is 38.9 Å². The van der Waals surface area contributed by atoms with Crippen molar-refractivity contribution in [3.63, 3.8) is 0 Å². The second-order valence-electron chi connectivity index (χ2n) is 7.79. The van der Waals surface area contributed by atoms with E-state index >= 15 is 0 Å². The molecular formula is C28H34. The number of hydrogen-bond acceptors (Lipinski definition) is 0. The van der Waals surface area contributed by atoms with Crippen LogP contribution in [0.2, 0.25) is 0 Å². The minimum atomic E-state index is 1.01. The van der Waals surface area contributed by atoms with Crippen LogP contribution in [-0.4, -0.2) is 0 Å². The van der Waals surface area contributed by atoms with Crippen molar-refractivity contribution in [2.75, 3.05) is 0 Å². The van der Waals surface area contributed by atoms with Gasteiger partial charge in [0.05, 0.1) is 0 Å². The summed E-state index contributed by atoms with van der Waals surface area (Å²) in [5, 5.41) is 0. The molecule has 0 aliphatic heterocycles. The van der Waals surface area contributed by atoms with Gasteiger partial charge in [0.2, 0.25) is 0 Å². The third-order valence-electron chi connectivity index (χ3n) is 5.91. The van der Waals surface area contributed by atoms with Crippen LogP contribution in [0.3, 0.4) is 0 Å². The first-order valence-corrected chi connectivity index (χ1v) is 11.0. The molecule has 28 heavy (non-hydrogen) atoms. The summed E-state index contributed by atoms with van der Waals surface area (Å²) in [6.07, 6.45) is 6.50. The van der Waals surface area contributed by atoms with Crippen molar-refractivity contribution in [3.05, 3.63) is 105 Å². The van der Waals surface area contributed by atoms with E-state index in [9.17, 15) is 0 Å². The maximum Gasteiger partial charge on any atom is -0.00203 e. The Balaban J connectivity index is 1.77. The molecule has 0 unspecified atom stereocenters. The summed E-state index contributed by atoms with van der Waals surface area (Å²) < 4.78 is 0. The minimum Gasteiger partial charge on any atom is -0.0613 e. The molecule has 0 saturated carbocycles. The topological polar surface area (TPSA) is 0 Å². The fourth-order valence-corrected chi connectivity index (χ4v) is 4.04. The highest BCUT2D eigenvalue weighted by Crippen LogP contribution is 2.24.